The van der Waals surface area contributed by atoms with E-state index in [1.165, 1.54) is 23.4 Å². The summed E-state index contributed by atoms with van der Waals surface area (Å²) in [5, 5.41) is 19.9. The van der Waals surface area contributed by atoms with Crippen molar-refractivity contribution in [3.63, 3.8) is 0 Å². The molecule has 32 heavy (non-hydrogen) atoms. The molecule has 4 rings (SSSR count). The first-order chi connectivity index (χ1) is 15.4. The van der Waals surface area contributed by atoms with E-state index in [-0.39, 0.29) is 12.1 Å². The van der Waals surface area contributed by atoms with Gasteiger partial charge in [0.05, 0.1) is 12.2 Å². The van der Waals surface area contributed by atoms with Crippen molar-refractivity contribution in [2.45, 2.75) is 25.0 Å². The van der Waals surface area contributed by atoms with Gasteiger partial charge in [0, 0.05) is 30.8 Å². The number of benzene rings is 2. The van der Waals surface area contributed by atoms with Gasteiger partial charge in [-0.2, -0.15) is 10.2 Å². The minimum absolute atomic E-state index is 0.00193. The summed E-state index contributed by atoms with van der Waals surface area (Å²) >= 11 is 0. The smallest absolute Gasteiger partial charge is 0.137 e. The zero-order valence-electron chi connectivity index (χ0n) is 17.7. The lowest BCUT2D eigenvalue weighted by molar-refractivity contribution is -0.0112. The van der Waals surface area contributed by atoms with E-state index in [0.717, 1.165) is 29.0 Å². The summed E-state index contributed by atoms with van der Waals surface area (Å²) in [6.07, 6.45) is 8.45. The van der Waals surface area contributed by atoms with E-state index in [2.05, 4.69) is 15.2 Å². The monoisotopic (exact) mass is 435 g/mol. The molecule has 8 heteroatoms. The van der Waals surface area contributed by atoms with Crippen LogP contribution in [0.15, 0.2) is 67.4 Å². The summed E-state index contributed by atoms with van der Waals surface area (Å²) in [7, 11) is 1.87. The molecule has 1 N–H and O–H groups in total. The van der Waals surface area contributed by atoms with Gasteiger partial charge in [-0.1, -0.05) is 43.3 Å². The highest BCUT2D eigenvalue weighted by molar-refractivity contribution is 5.68. The molecule has 0 saturated carbocycles. The molecule has 0 saturated heterocycles. The van der Waals surface area contributed by atoms with Crippen LogP contribution in [0, 0.1) is 11.6 Å². The first kappa shape index (κ1) is 21.6. The van der Waals surface area contributed by atoms with E-state index in [4.69, 9.17) is 0 Å². The van der Waals surface area contributed by atoms with Gasteiger partial charge in [0.2, 0.25) is 0 Å². The van der Waals surface area contributed by atoms with Crippen molar-refractivity contribution >= 4 is 12.2 Å². The Hall–Kier alpha value is -3.65. The number of halogens is 2. The minimum Gasteiger partial charge on any atom is -0.382 e. The van der Waals surface area contributed by atoms with E-state index >= 15 is 0 Å². The van der Waals surface area contributed by atoms with Crippen molar-refractivity contribution in [2.75, 3.05) is 0 Å². The van der Waals surface area contributed by atoms with Crippen molar-refractivity contribution in [2.24, 2.45) is 7.05 Å². The van der Waals surface area contributed by atoms with Crippen molar-refractivity contribution in [1.82, 2.24) is 24.5 Å². The van der Waals surface area contributed by atoms with Crippen LogP contribution in [0.25, 0.3) is 12.2 Å². The Balaban J connectivity index is 1.65. The maximum atomic E-state index is 14.7. The highest BCUT2D eigenvalue weighted by Gasteiger charge is 2.39. The highest BCUT2D eigenvalue weighted by Crippen LogP contribution is 2.39. The zero-order chi connectivity index (χ0) is 22.7. The molecule has 6 nitrogen and oxygen atoms in total. The summed E-state index contributed by atoms with van der Waals surface area (Å²) in [6.45, 7) is 1.76. The predicted octanol–water partition coefficient (Wildman–Crippen LogP) is 4.15. The molecule has 0 aliphatic rings. The molecule has 2 heterocycles. The third kappa shape index (κ3) is 4.36. The Labute approximate surface area is 184 Å². The van der Waals surface area contributed by atoms with E-state index in [1.54, 1.807) is 17.8 Å². The number of aryl methyl sites for hydroxylation is 1. The Morgan fingerprint density at radius 2 is 1.84 bits per heavy atom. The van der Waals surface area contributed by atoms with Gasteiger partial charge in [-0.15, -0.1) is 0 Å². The molecule has 0 fully saturated rings. The zero-order valence-corrected chi connectivity index (χ0v) is 17.7. The molecular weight excluding hydrogens is 412 g/mol. The molecule has 0 bridgehead atoms. The van der Waals surface area contributed by atoms with Gasteiger partial charge in [-0.3, -0.25) is 4.68 Å². The van der Waals surface area contributed by atoms with E-state index in [0.29, 0.717) is 0 Å². The summed E-state index contributed by atoms with van der Waals surface area (Å²) in [5.41, 5.74) is 1.06. The highest BCUT2D eigenvalue weighted by atomic mass is 19.1. The Bertz CT molecular complexity index is 1220. The van der Waals surface area contributed by atoms with Crippen LogP contribution < -0.4 is 0 Å². The second kappa shape index (κ2) is 8.84. The first-order valence-corrected chi connectivity index (χ1v) is 10.1. The van der Waals surface area contributed by atoms with Gasteiger partial charge in [-0.25, -0.2) is 18.4 Å². The van der Waals surface area contributed by atoms with Crippen LogP contribution in [0.1, 0.15) is 35.2 Å². The second-order valence-corrected chi connectivity index (χ2v) is 7.74. The largest absolute Gasteiger partial charge is 0.382 e. The quantitative estimate of drug-likeness (QED) is 0.474. The summed E-state index contributed by atoms with van der Waals surface area (Å²) in [6, 6.07) is 12.7. The molecule has 164 valence electrons. The predicted molar refractivity (Wildman–Crippen MR) is 117 cm³/mol. The van der Waals surface area contributed by atoms with Gasteiger partial charge in [-0.05, 0) is 29.3 Å². The van der Waals surface area contributed by atoms with Crippen LogP contribution in [0.4, 0.5) is 8.78 Å². The molecule has 4 aromatic rings. The van der Waals surface area contributed by atoms with Gasteiger partial charge < -0.3 is 5.11 Å². The van der Waals surface area contributed by atoms with Gasteiger partial charge in [0.15, 0.2) is 0 Å². The molecule has 0 aliphatic carbocycles. The molecular formula is C24H23F2N5O. The number of nitrogens with zero attached hydrogens (tertiary/aromatic N) is 5. The SMILES string of the molecule is C[C@@H](c1ccc(C=Cc2ccnn2C)cc1)[C@](O)(Cn1cncn1)c1ccc(F)cc1F. The maximum absolute atomic E-state index is 14.7. The van der Waals surface area contributed by atoms with Gasteiger partial charge in [0.1, 0.15) is 29.9 Å². The molecule has 2 aromatic heterocycles. The molecule has 2 atom stereocenters. The topological polar surface area (TPSA) is 68.8 Å². The molecule has 0 spiro atoms. The summed E-state index contributed by atoms with van der Waals surface area (Å²) in [4.78, 5) is 3.90. The third-order valence-electron chi connectivity index (χ3n) is 5.73. The fourth-order valence-electron chi connectivity index (χ4n) is 3.76. The van der Waals surface area contributed by atoms with E-state index in [9.17, 15) is 13.9 Å². The Kier molecular flexibility index (Phi) is 5.96. The number of aromatic nitrogens is 5. The van der Waals surface area contributed by atoms with Gasteiger partial charge in [0.25, 0.3) is 0 Å². The van der Waals surface area contributed by atoms with Crippen LogP contribution >= 0.6 is 0 Å². The Morgan fingerprint density at radius 3 is 2.47 bits per heavy atom. The second-order valence-electron chi connectivity index (χ2n) is 7.74. The van der Waals surface area contributed by atoms with Crippen LogP contribution in [0.2, 0.25) is 0 Å². The number of rotatable bonds is 7. The van der Waals surface area contributed by atoms with Crippen molar-refractivity contribution in [3.8, 4) is 0 Å². The lowest BCUT2D eigenvalue weighted by Gasteiger charge is -2.35. The molecule has 0 amide bonds. The molecule has 0 unspecified atom stereocenters. The standard InChI is InChI=1S/C24H23F2N5O/c1-17(19-6-3-18(4-7-19)5-9-21-11-12-28-30(21)2)24(32,14-31-16-27-15-29-31)22-10-8-20(25)13-23(22)26/h3-13,15-17,32H,14H2,1-2H3/t17-,24+/m0/s1. The number of hydrogen-bond donors (Lipinski definition) is 1. The molecule has 0 aliphatic heterocycles. The summed E-state index contributed by atoms with van der Waals surface area (Å²) < 4.78 is 31.4. The van der Waals surface area contributed by atoms with Crippen molar-refractivity contribution < 1.29 is 13.9 Å². The molecule has 2 aromatic carbocycles. The van der Waals surface area contributed by atoms with Crippen LogP contribution in [0.3, 0.4) is 0 Å². The Morgan fingerprint density at radius 1 is 1.06 bits per heavy atom. The molecule has 0 radical (unpaired) electrons. The van der Waals surface area contributed by atoms with Gasteiger partial charge >= 0.3 is 0 Å². The third-order valence-corrected chi connectivity index (χ3v) is 5.73. The van der Waals surface area contributed by atoms with E-state index in [1.807, 2.05) is 49.5 Å². The lowest BCUT2D eigenvalue weighted by Crippen LogP contribution is -2.38. The minimum atomic E-state index is -1.68. The van der Waals surface area contributed by atoms with Crippen LogP contribution in [-0.2, 0) is 19.2 Å². The number of aliphatic hydroxyl groups is 1. The fraction of sp³-hybridized carbons (Fsp3) is 0.208. The van der Waals surface area contributed by atoms with E-state index < -0.39 is 23.2 Å². The van der Waals surface area contributed by atoms with Crippen LogP contribution in [-0.4, -0.2) is 29.7 Å². The summed E-state index contributed by atoms with van der Waals surface area (Å²) in [5.74, 6) is -2.04. The first-order valence-electron chi connectivity index (χ1n) is 10.1. The average molecular weight is 435 g/mol. The van der Waals surface area contributed by atoms with Crippen molar-refractivity contribution in [1.29, 1.82) is 0 Å². The van der Waals surface area contributed by atoms with Crippen molar-refractivity contribution in [3.05, 3.63) is 101 Å². The maximum Gasteiger partial charge on any atom is 0.137 e. The fourth-order valence-corrected chi connectivity index (χ4v) is 3.76. The normalized spacial score (nSPS) is 14.5. The average Bonchev–Trinajstić information content (AvgIpc) is 3.43. The lowest BCUT2D eigenvalue weighted by atomic mass is 9.78. The number of hydrogen-bond acceptors (Lipinski definition) is 4. The van der Waals surface area contributed by atoms with Crippen LogP contribution in [0.5, 0.6) is 0 Å².